The molecule has 0 fully saturated rings. The summed E-state index contributed by atoms with van der Waals surface area (Å²) in [6, 6.07) is 13.3. The number of amides is 1. The minimum absolute atomic E-state index is 0.0236. The van der Waals surface area contributed by atoms with E-state index in [0.29, 0.717) is 11.1 Å². The number of alkyl halides is 3. The number of carbonyl (C=O) groups is 2. The van der Waals surface area contributed by atoms with Gasteiger partial charge in [0.25, 0.3) is 5.91 Å². The summed E-state index contributed by atoms with van der Waals surface area (Å²) in [6.07, 6.45) is 0.621. The van der Waals surface area contributed by atoms with Crippen molar-refractivity contribution in [3.05, 3.63) is 99.1 Å². The quantitative estimate of drug-likeness (QED) is 0.273. The number of hydrogen-bond acceptors (Lipinski definition) is 4. The van der Waals surface area contributed by atoms with E-state index < -0.39 is 29.2 Å². The van der Waals surface area contributed by atoms with Crippen LogP contribution in [0.4, 0.5) is 18.9 Å². The second-order valence-corrected chi connectivity index (χ2v) is 7.37. The van der Waals surface area contributed by atoms with Gasteiger partial charge >= 0.3 is 12.1 Å². The van der Waals surface area contributed by atoms with Gasteiger partial charge < -0.3 is 10.1 Å². The molecule has 0 aliphatic heterocycles. The van der Waals surface area contributed by atoms with Crippen LogP contribution in [0, 0.1) is 17.8 Å². The third-order valence-electron chi connectivity index (χ3n) is 4.84. The lowest BCUT2D eigenvalue weighted by Crippen LogP contribution is -2.20. The molecule has 0 saturated heterocycles. The van der Waals surface area contributed by atoms with E-state index >= 15 is 0 Å². The average Bonchev–Trinajstić information content (AvgIpc) is 2.82. The van der Waals surface area contributed by atoms with Gasteiger partial charge in [-0.1, -0.05) is 35.7 Å². The molecule has 0 saturated carbocycles. The highest BCUT2D eigenvalue weighted by Gasteiger charge is 2.36. The Kier molecular flexibility index (Phi) is 7.08. The Bertz CT molecular complexity index is 1330. The Hall–Kier alpha value is -4.09. The number of esters is 1. The Balaban J connectivity index is 2.03. The Morgan fingerprint density at radius 1 is 1.06 bits per heavy atom. The number of rotatable bonds is 5. The van der Waals surface area contributed by atoms with E-state index in [1.54, 1.807) is 0 Å². The first kappa shape index (κ1) is 24.6. The smallest absolute Gasteiger partial charge is 0.417 e. The largest absolute Gasteiger partial charge is 0.465 e. The van der Waals surface area contributed by atoms with Crippen LogP contribution < -0.4 is 5.32 Å². The highest BCUT2D eigenvalue weighted by Crippen LogP contribution is 2.35. The van der Waals surface area contributed by atoms with E-state index in [9.17, 15) is 22.8 Å². The second-order valence-electron chi connectivity index (χ2n) is 6.96. The molecule has 0 aliphatic rings. The molecule has 9 heteroatoms. The molecule has 0 atom stereocenters. The number of anilines is 1. The van der Waals surface area contributed by atoms with Crippen LogP contribution in [0.1, 0.15) is 43.0 Å². The summed E-state index contributed by atoms with van der Waals surface area (Å²) in [5.74, 6) is 0.720. The molecule has 0 unspecified atom stereocenters. The van der Waals surface area contributed by atoms with Crippen molar-refractivity contribution in [3.8, 4) is 12.3 Å². The third-order valence-corrected chi connectivity index (χ3v) is 5.16. The molecular formula is C25H16ClF3N2O3. The highest BCUT2D eigenvalue weighted by atomic mass is 35.5. The minimum Gasteiger partial charge on any atom is -0.465 e. The normalized spacial score (nSPS) is 10.8. The number of carbonyl (C=O) groups excluding carboxylic acids is 2. The molecule has 34 heavy (non-hydrogen) atoms. The number of ether oxygens (including phenoxy) is 1. The van der Waals surface area contributed by atoms with Gasteiger partial charge in [0.2, 0.25) is 0 Å². The number of hydrogen-bond donors (Lipinski definition) is 2. The summed E-state index contributed by atoms with van der Waals surface area (Å²) in [5.41, 5.74) is -0.801. The number of terminal acetylenes is 1. The summed E-state index contributed by atoms with van der Waals surface area (Å²) < 4.78 is 45.0. The van der Waals surface area contributed by atoms with Gasteiger partial charge in [0.15, 0.2) is 0 Å². The van der Waals surface area contributed by atoms with Crippen molar-refractivity contribution in [2.75, 3.05) is 12.4 Å². The third kappa shape index (κ3) is 5.11. The van der Waals surface area contributed by atoms with Crippen LogP contribution in [0.15, 0.2) is 60.7 Å². The molecule has 5 nitrogen and oxygen atoms in total. The zero-order valence-corrected chi connectivity index (χ0v) is 18.3. The van der Waals surface area contributed by atoms with Crippen LogP contribution in [0.3, 0.4) is 0 Å². The van der Waals surface area contributed by atoms with Gasteiger partial charge in [-0.2, -0.15) is 13.2 Å². The van der Waals surface area contributed by atoms with E-state index in [1.807, 2.05) is 0 Å². The summed E-state index contributed by atoms with van der Waals surface area (Å²) in [4.78, 5) is 24.5. The molecule has 0 aliphatic carbocycles. The van der Waals surface area contributed by atoms with Gasteiger partial charge in [0.05, 0.1) is 40.2 Å². The van der Waals surface area contributed by atoms with E-state index in [-0.39, 0.29) is 27.5 Å². The van der Waals surface area contributed by atoms with Crippen LogP contribution in [-0.4, -0.2) is 24.7 Å². The molecule has 0 spiro atoms. The summed E-state index contributed by atoms with van der Waals surface area (Å²) in [5, 5.41) is 10.6. The first-order valence-electron chi connectivity index (χ1n) is 9.62. The summed E-state index contributed by atoms with van der Waals surface area (Å²) >= 11 is 5.93. The first-order valence-corrected chi connectivity index (χ1v) is 10.00. The summed E-state index contributed by atoms with van der Waals surface area (Å²) in [6.45, 7) is 0. The molecule has 3 rings (SSSR count). The number of methoxy groups -OCH3 is 1. The van der Waals surface area contributed by atoms with Crippen molar-refractivity contribution in [1.29, 1.82) is 5.41 Å². The molecule has 1 amide bonds. The van der Waals surface area contributed by atoms with Crippen LogP contribution in [0.2, 0.25) is 5.02 Å². The van der Waals surface area contributed by atoms with Gasteiger partial charge in [-0.25, -0.2) is 4.79 Å². The molecular weight excluding hydrogens is 469 g/mol. The van der Waals surface area contributed by atoms with Gasteiger partial charge in [0.1, 0.15) is 0 Å². The standard InChI is InChI=1S/C25H16ClF3N2O3/c1-3-14-7-12-17(22(30)15-8-10-16(11-9-15)24(33)34-2)20(13-14)31-23(32)21-18(25(27,28)29)5-4-6-19(21)26/h1,4-13,30H,2H3,(H,31,32). The van der Waals surface area contributed by atoms with Crippen LogP contribution in [-0.2, 0) is 10.9 Å². The fourth-order valence-electron chi connectivity index (χ4n) is 3.18. The van der Waals surface area contributed by atoms with Crippen molar-refractivity contribution in [2.45, 2.75) is 6.18 Å². The lowest BCUT2D eigenvalue weighted by Gasteiger charge is -2.17. The molecule has 0 heterocycles. The molecule has 3 aromatic carbocycles. The maximum Gasteiger partial charge on any atom is 0.417 e. The van der Waals surface area contributed by atoms with Gasteiger partial charge in [0, 0.05) is 16.7 Å². The van der Waals surface area contributed by atoms with Crippen LogP contribution in [0.25, 0.3) is 0 Å². The average molecular weight is 485 g/mol. The first-order chi connectivity index (χ1) is 16.1. The van der Waals surface area contributed by atoms with Crippen LogP contribution >= 0.6 is 11.6 Å². The monoisotopic (exact) mass is 484 g/mol. The molecule has 0 radical (unpaired) electrons. The van der Waals surface area contributed by atoms with Crippen molar-refractivity contribution in [1.82, 2.24) is 0 Å². The van der Waals surface area contributed by atoms with Crippen molar-refractivity contribution >= 4 is 34.9 Å². The molecule has 0 aromatic heterocycles. The molecule has 2 N–H and O–H groups in total. The predicted octanol–water partition coefficient (Wildman–Crippen LogP) is 5.80. The van der Waals surface area contributed by atoms with Crippen LogP contribution in [0.5, 0.6) is 0 Å². The van der Waals surface area contributed by atoms with E-state index in [2.05, 4.69) is 16.0 Å². The Labute approximate surface area is 198 Å². The van der Waals surface area contributed by atoms with Crippen molar-refractivity contribution in [3.63, 3.8) is 0 Å². The summed E-state index contributed by atoms with van der Waals surface area (Å²) in [7, 11) is 1.24. The zero-order chi connectivity index (χ0) is 25.0. The van der Waals surface area contributed by atoms with Gasteiger partial charge in [-0.3, -0.25) is 10.2 Å². The molecule has 172 valence electrons. The number of halogens is 4. The minimum atomic E-state index is -4.81. The zero-order valence-electron chi connectivity index (χ0n) is 17.6. The molecule has 3 aromatic rings. The maximum absolute atomic E-state index is 13.5. The number of nitrogens with one attached hydrogen (secondary N) is 2. The van der Waals surface area contributed by atoms with Crippen molar-refractivity contribution in [2.24, 2.45) is 0 Å². The van der Waals surface area contributed by atoms with Gasteiger partial charge in [-0.15, -0.1) is 6.42 Å². The lowest BCUT2D eigenvalue weighted by atomic mass is 9.98. The van der Waals surface area contributed by atoms with E-state index in [4.69, 9.17) is 23.4 Å². The Morgan fingerprint density at radius 2 is 1.71 bits per heavy atom. The topological polar surface area (TPSA) is 79.2 Å². The second kappa shape index (κ2) is 9.81. The van der Waals surface area contributed by atoms with E-state index in [1.165, 1.54) is 55.6 Å². The fourth-order valence-corrected chi connectivity index (χ4v) is 3.44. The van der Waals surface area contributed by atoms with E-state index in [0.717, 1.165) is 12.1 Å². The molecule has 0 bridgehead atoms. The maximum atomic E-state index is 13.5. The number of benzene rings is 3. The predicted molar refractivity (Wildman–Crippen MR) is 122 cm³/mol. The SMILES string of the molecule is C#Cc1ccc(C(=N)c2ccc(C(=O)OC)cc2)c(NC(=O)c2c(Cl)cccc2C(F)(F)F)c1. The fraction of sp³-hybridized carbons (Fsp3) is 0.0800. The highest BCUT2D eigenvalue weighted by molar-refractivity contribution is 6.34. The Morgan fingerprint density at radius 3 is 2.29 bits per heavy atom. The van der Waals surface area contributed by atoms with Crippen molar-refractivity contribution < 1.29 is 27.5 Å². The lowest BCUT2D eigenvalue weighted by molar-refractivity contribution is -0.137. The van der Waals surface area contributed by atoms with Gasteiger partial charge in [-0.05, 0) is 42.5 Å².